The van der Waals surface area contributed by atoms with Crippen molar-refractivity contribution >= 4 is 33.8 Å². The molecule has 1 fully saturated rings. The van der Waals surface area contributed by atoms with Crippen LogP contribution in [0, 0.1) is 6.92 Å². The minimum absolute atomic E-state index is 0.210. The number of ether oxygens (including phenoxy) is 1. The van der Waals surface area contributed by atoms with Crippen LogP contribution in [-0.2, 0) is 9.53 Å². The zero-order chi connectivity index (χ0) is 19.2. The molecule has 0 aromatic heterocycles. The van der Waals surface area contributed by atoms with Gasteiger partial charge in [0.1, 0.15) is 5.70 Å². The van der Waals surface area contributed by atoms with Gasteiger partial charge in [0.05, 0.1) is 13.2 Å². The normalized spacial score (nSPS) is 14.7. The van der Waals surface area contributed by atoms with E-state index in [1.165, 1.54) is 0 Å². The average molecular weight is 429 g/mol. The van der Waals surface area contributed by atoms with Crippen LogP contribution in [0.5, 0.6) is 0 Å². The molecule has 0 saturated carbocycles. The van der Waals surface area contributed by atoms with Crippen LogP contribution >= 0.6 is 15.9 Å². The second-order valence-electron chi connectivity index (χ2n) is 6.34. The highest BCUT2D eigenvalue weighted by Gasteiger charge is 2.22. The molecule has 0 aliphatic carbocycles. The molecule has 140 valence electrons. The van der Waals surface area contributed by atoms with E-state index in [9.17, 15) is 9.59 Å². The molecule has 1 N–H and O–H groups in total. The van der Waals surface area contributed by atoms with E-state index in [0.29, 0.717) is 31.9 Å². The van der Waals surface area contributed by atoms with E-state index in [4.69, 9.17) is 4.74 Å². The number of hydrogen-bond acceptors (Lipinski definition) is 3. The van der Waals surface area contributed by atoms with Gasteiger partial charge in [-0.25, -0.2) is 0 Å². The smallest absolute Gasteiger partial charge is 0.270 e. The maximum Gasteiger partial charge on any atom is 0.270 e. The summed E-state index contributed by atoms with van der Waals surface area (Å²) in [5.41, 5.74) is 2.65. The van der Waals surface area contributed by atoms with Crippen LogP contribution in [0.4, 0.5) is 0 Å². The lowest BCUT2D eigenvalue weighted by atomic mass is 10.1. The fourth-order valence-corrected chi connectivity index (χ4v) is 3.17. The monoisotopic (exact) mass is 428 g/mol. The molecule has 1 heterocycles. The molecule has 2 aromatic rings. The predicted octanol–water partition coefficient (Wildman–Crippen LogP) is 3.39. The van der Waals surface area contributed by atoms with Gasteiger partial charge >= 0.3 is 0 Å². The molecule has 27 heavy (non-hydrogen) atoms. The minimum atomic E-state index is -0.308. The topological polar surface area (TPSA) is 58.6 Å². The molecular weight excluding hydrogens is 408 g/mol. The number of nitrogens with zero attached hydrogens (tertiary/aromatic N) is 1. The zero-order valence-electron chi connectivity index (χ0n) is 15.1. The van der Waals surface area contributed by atoms with Crippen molar-refractivity contribution in [3.05, 3.63) is 75.4 Å². The van der Waals surface area contributed by atoms with Crippen molar-refractivity contribution in [3.63, 3.8) is 0 Å². The summed E-state index contributed by atoms with van der Waals surface area (Å²) in [6.45, 7) is 3.98. The molecule has 1 aliphatic rings. The van der Waals surface area contributed by atoms with Crippen molar-refractivity contribution < 1.29 is 14.3 Å². The average Bonchev–Trinajstić information content (AvgIpc) is 2.68. The van der Waals surface area contributed by atoms with Crippen LogP contribution in [0.2, 0.25) is 0 Å². The lowest BCUT2D eigenvalue weighted by Gasteiger charge is -2.27. The number of hydrogen-bond donors (Lipinski definition) is 1. The standard InChI is InChI=1S/C21H21BrN2O3/c1-15-5-7-17(8-6-15)20(25)23-19(14-16-3-2-4-18(22)13-16)21(26)24-9-11-27-12-10-24/h2-8,13-14H,9-12H2,1H3,(H,23,25). The second kappa shape index (κ2) is 8.97. The van der Waals surface area contributed by atoms with E-state index >= 15 is 0 Å². The Morgan fingerprint density at radius 3 is 2.48 bits per heavy atom. The number of benzene rings is 2. The summed E-state index contributed by atoms with van der Waals surface area (Å²) in [6.07, 6.45) is 1.70. The third-order valence-electron chi connectivity index (χ3n) is 4.25. The molecule has 6 heteroatoms. The number of halogens is 1. The molecule has 5 nitrogen and oxygen atoms in total. The van der Waals surface area contributed by atoms with Gasteiger partial charge < -0.3 is 15.0 Å². The van der Waals surface area contributed by atoms with Crippen molar-refractivity contribution in [2.24, 2.45) is 0 Å². The SMILES string of the molecule is Cc1ccc(C(=O)NC(=Cc2cccc(Br)c2)C(=O)N2CCOCC2)cc1. The Morgan fingerprint density at radius 2 is 1.81 bits per heavy atom. The Balaban J connectivity index is 1.87. The van der Waals surface area contributed by atoms with E-state index in [-0.39, 0.29) is 17.5 Å². The molecule has 3 rings (SSSR count). The molecule has 1 aliphatic heterocycles. The first-order valence-corrected chi connectivity index (χ1v) is 9.54. The van der Waals surface area contributed by atoms with Crippen LogP contribution < -0.4 is 5.32 Å². The molecular formula is C21H21BrN2O3. The maximum absolute atomic E-state index is 13.0. The number of amides is 2. The van der Waals surface area contributed by atoms with Gasteiger partial charge in [-0.15, -0.1) is 0 Å². The molecule has 2 amide bonds. The fraction of sp³-hybridized carbons (Fsp3) is 0.238. The Labute approximate surface area is 167 Å². The number of morpholine rings is 1. The number of carbonyl (C=O) groups excluding carboxylic acids is 2. The fourth-order valence-electron chi connectivity index (χ4n) is 2.75. The summed E-state index contributed by atoms with van der Waals surface area (Å²) in [5, 5.41) is 2.79. The summed E-state index contributed by atoms with van der Waals surface area (Å²) in [6, 6.07) is 14.8. The van der Waals surface area contributed by atoms with Gasteiger partial charge in [-0.2, -0.15) is 0 Å². The molecule has 0 bridgehead atoms. The van der Waals surface area contributed by atoms with Crippen LogP contribution in [0.1, 0.15) is 21.5 Å². The molecule has 0 spiro atoms. The third-order valence-corrected chi connectivity index (χ3v) is 4.74. The van der Waals surface area contributed by atoms with Gasteiger partial charge in [-0.3, -0.25) is 9.59 Å². The number of nitrogens with one attached hydrogen (secondary N) is 1. The summed E-state index contributed by atoms with van der Waals surface area (Å²) in [4.78, 5) is 27.3. The first-order valence-electron chi connectivity index (χ1n) is 8.75. The van der Waals surface area contributed by atoms with E-state index in [2.05, 4.69) is 21.2 Å². The van der Waals surface area contributed by atoms with E-state index in [0.717, 1.165) is 15.6 Å². The van der Waals surface area contributed by atoms with Gasteiger partial charge in [0.2, 0.25) is 0 Å². The maximum atomic E-state index is 13.0. The lowest BCUT2D eigenvalue weighted by molar-refractivity contribution is -0.131. The van der Waals surface area contributed by atoms with Crippen LogP contribution in [-0.4, -0.2) is 43.0 Å². The summed E-state index contributed by atoms with van der Waals surface area (Å²) in [7, 11) is 0. The molecule has 0 radical (unpaired) electrons. The van der Waals surface area contributed by atoms with Crippen LogP contribution in [0.3, 0.4) is 0 Å². The molecule has 0 unspecified atom stereocenters. The molecule has 0 atom stereocenters. The number of rotatable bonds is 4. The van der Waals surface area contributed by atoms with E-state index in [1.807, 2.05) is 43.3 Å². The number of carbonyl (C=O) groups is 2. The number of aryl methyl sites for hydroxylation is 1. The Hall–Kier alpha value is -2.44. The van der Waals surface area contributed by atoms with Crippen molar-refractivity contribution in [1.29, 1.82) is 0 Å². The minimum Gasteiger partial charge on any atom is -0.378 e. The van der Waals surface area contributed by atoms with Gasteiger partial charge in [0.15, 0.2) is 0 Å². The van der Waals surface area contributed by atoms with Crippen molar-refractivity contribution in [2.75, 3.05) is 26.3 Å². The Bertz CT molecular complexity index is 856. The Kier molecular flexibility index (Phi) is 6.42. The summed E-state index contributed by atoms with van der Waals surface area (Å²) in [5.74, 6) is -0.517. The predicted molar refractivity (Wildman–Crippen MR) is 108 cm³/mol. The van der Waals surface area contributed by atoms with Crippen molar-refractivity contribution in [3.8, 4) is 0 Å². The highest BCUT2D eigenvalue weighted by molar-refractivity contribution is 9.10. The van der Waals surface area contributed by atoms with Gasteiger partial charge in [-0.05, 0) is 42.8 Å². The lowest BCUT2D eigenvalue weighted by Crippen LogP contribution is -2.44. The second-order valence-corrected chi connectivity index (χ2v) is 7.25. The van der Waals surface area contributed by atoms with Gasteiger partial charge in [0.25, 0.3) is 11.8 Å². The summed E-state index contributed by atoms with van der Waals surface area (Å²) >= 11 is 3.43. The molecule has 1 saturated heterocycles. The first kappa shape index (κ1) is 19.3. The van der Waals surface area contributed by atoms with Crippen molar-refractivity contribution in [2.45, 2.75) is 6.92 Å². The molecule has 2 aromatic carbocycles. The van der Waals surface area contributed by atoms with Gasteiger partial charge in [0, 0.05) is 23.1 Å². The summed E-state index contributed by atoms with van der Waals surface area (Å²) < 4.78 is 6.22. The van der Waals surface area contributed by atoms with E-state index < -0.39 is 0 Å². The largest absolute Gasteiger partial charge is 0.378 e. The van der Waals surface area contributed by atoms with Crippen molar-refractivity contribution in [1.82, 2.24) is 10.2 Å². The van der Waals surface area contributed by atoms with Gasteiger partial charge in [-0.1, -0.05) is 45.8 Å². The van der Waals surface area contributed by atoms with Crippen LogP contribution in [0.25, 0.3) is 6.08 Å². The highest BCUT2D eigenvalue weighted by Crippen LogP contribution is 2.16. The van der Waals surface area contributed by atoms with E-state index in [1.54, 1.807) is 23.1 Å². The quantitative estimate of drug-likeness (QED) is 0.759. The Morgan fingerprint density at radius 1 is 1.11 bits per heavy atom. The third kappa shape index (κ3) is 5.28. The highest BCUT2D eigenvalue weighted by atomic mass is 79.9. The first-order chi connectivity index (χ1) is 13.0. The van der Waals surface area contributed by atoms with Crippen LogP contribution in [0.15, 0.2) is 58.7 Å². The zero-order valence-corrected chi connectivity index (χ0v) is 16.7.